The molecule has 1 fully saturated rings. The van der Waals surface area contributed by atoms with Gasteiger partial charge in [0.25, 0.3) is 0 Å². The van der Waals surface area contributed by atoms with Gasteiger partial charge in [0.15, 0.2) is 0 Å². The molecular weight excluding hydrogens is 264 g/mol. The van der Waals surface area contributed by atoms with Crippen LogP contribution in [-0.2, 0) is 17.7 Å². The summed E-state index contributed by atoms with van der Waals surface area (Å²) in [6.07, 6.45) is 2.44. The maximum Gasteiger partial charge on any atom is 0.0858 e. The number of rotatable bonds is 7. The minimum atomic E-state index is 0.260. The van der Waals surface area contributed by atoms with Gasteiger partial charge in [0.2, 0.25) is 0 Å². The molecule has 5 nitrogen and oxygen atoms in total. The van der Waals surface area contributed by atoms with E-state index in [2.05, 4.69) is 46.8 Å². The van der Waals surface area contributed by atoms with Crippen molar-refractivity contribution in [1.82, 2.24) is 20.0 Å². The molecule has 1 aromatic rings. The highest BCUT2D eigenvalue weighted by atomic mass is 16.5. The molecule has 2 heterocycles. The van der Waals surface area contributed by atoms with Crippen LogP contribution in [0.3, 0.4) is 0 Å². The predicted molar refractivity (Wildman–Crippen MR) is 85.7 cm³/mol. The molecule has 0 bridgehead atoms. The zero-order chi connectivity index (χ0) is 15.2. The monoisotopic (exact) mass is 294 g/mol. The largest absolute Gasteiger partial charge is 0.374 e. The van der Waals surface area contributed by atoms with Gasteiger partial charge in [-0.2, -0.15) is 5.10 Å². The molecule has 0 spiro atoms. The van der Waals surface area contributed by atoms with Crippen molar-refractivity contribution in [3.63, 3.8) is 0 Å². The summed E-state index contributed by atoms with van der Waals surface area (Å²) in [6, 6.07) is 2.53. The Morgan fingerprint density at radius 1 is 1.48 bits per heavy atom. The predicted octanol–water partition coefficient (Wildman–Crippen LogP) is 1.45. The Balaban J connectivity index is 2.01. The average Bonchev–Trinajstić information content (AvgIpc) is 2.85. The van der Waals surface area contributed by atoms with E-state index >= 15 is 0 Å². The summed E-state index contributed by atoms with van der Waals surface area (Å²) in [6.45, 7) is 11.5. The van der Waals surface area contributed by atoms with E-state index in [4.69, 9.17) is 4.74 Å². The van der Waals surface area contributed by atoms with Crippen molar-refractivity contribution in [2.45, 2.75) is 52.3 Å². The van der Waals surface area contributed by atoms with Crippen molar-refractivity contribution in [1.29, 1.82) is 0 Å². The highest BCUT2D eigenvalue weighted by Gasteiger charge is 2.27. The minimum absolute atomic E-state index is 0.260. The third-order valence-electron chi connectivity index (χ3n) is 4.25. The summed E-state index contributed by atoms with van der Waals surface area (Å²) in [5.74, 6) is 0. The molecule has 2 atom stereocenters. The molecule has 1 aliphatic heterocycles. The van der Waals surface area contributed by atoms with Crippen molar-refractivity contribution in [3.05, 3.63) is 17.5 Å². The van der Waals surface area contributed by atoms with Crippen LogP contribution in [0.25, 0.3) is 0 Å². The van der Waals surface area contributed by atoms with E-state index in [1.165, 1.54) is 18.7 Å². The van der Waals surface area contributed by atoms with Crippen LogP contribution in [0.2, 0.25) is 0 Å². The molecule has 1 N–H and O–H groups in total. The summed E-state index contributed by atoms with van der Waals surface area (Å²) < 4.78 is 8.13. The van der Waals surface area contributed by atoms with E-state index in [-0.39, 0.29) is 6.10 Å². The topological polar surface area (TPSA) is 42.3 Å². The Hall–Kier alpha value is -0.910. The number of aryl methyl sites for hydroxylation is 2. The molecular formula is C16H30N4O. The van der Waals surface area contributed by atoms with E-state index in [1.807, 2.05) is 7.05 Å². The third kappa shape index (κ3) is 4.28. The highest BCUT2D eigenvalue weighted by molar-refractivity contribution is 5.11. The van der Waals surface area contributed by atoms with Crippen LogP contribution in [0.1, 0.15) is 31.7 Å². The van der Waals surface area contributed by atoms with Gasteiger partial charge in [0.05, 0.1) is 18.4 Å². The lowest BCUT2D eigenvalue weighted by Crippen LogP contribution is -2.52. The molecule has 0 amide bonds. The number of likely N-dealkylation sites (N-methyl/N-ethyl adjacent to an activating group) is 1. The molecule has 2 rings (SSSR count). The molecule has 0 aliphatic carbocycles. The first-order chi connectivity index (χ1) is 10.2. The molecule has 1 saturated heterocycles. The van der Waals surface area contributed by atoms with Gasteiger partial charge in [0, 0.05) is 37.8 Å². The van der Waals surface area contributed by atoms with Crippen molar-refractivity contribution >= 4 is 0 Å². The Bertz CT molecular complexity index is 430. The normalized spacial score (nSPS) is 21.6. The summed E-state index contributed by atoms with van der Waals surface area (Å²) in [5.41, 5.74) is 2.39. The summed E-state index contributed by atoms with van der Waals surface area (Å²) in [4.78, 5) is 2.51. The van der Waals surface area contributed by atoms with E-state index in [1.54, 1.807) is 0 Å². The van der Waals surface area contributed by atoms with Crippen LogP contribution in [0.4, 0.5) is 0 Å². The van der Waals surface area contributed by atoms with Gasteiger partial charge in [-0.1, -0.05) is 6.92 Å². The smallest absolute Gasteiger partial charge is 0.0858 e. The molecule has 0 saturated carbocycles. The summed E-state index contributed by atoms with van der Waals surface area (Å²) >= 11 is 0. The van der Waals surface area contributed by atoms with Crippen molar-refractivity contribution in [2.75, 3.05) is 33.3 Å². The highest BCUT2D eigenvalue weighted by Crippen LogP contribution is 2.15. The maximum atomic E-state index is 6.03. The Kier molecular flexibility index (Phi) is 6.21. The van der Waals surface area contributed by atoms with Crippen LogP contribution in [0, 0.1) is 6.92 Å². The average molecular weight is 294 g/mol. The number of nitrogens with one attached hydrogen (secondary N) is 1. The van der Waals surface area contributed by atoms with E-state index in [0.29, 0.717) is 6.04 Å². The molecule has 2 unspecified atom stereocenters. The lowest BCUT2D eigenvalue weighted by molar-refractivity contribution is -0.0453. The maximum absolute atomic E-state index is 6.03. The van der Waals surface area contributed by atoms with Gasteiger partial charge in [0.1, 0.15) is 0 Å². The number of ether oxygens (including phenoxy) is 1. The van der Waals surface area contributed by atoms with E-state index in [9.17, 15) is 0 Å². The quantitative estimate of drug-likeness (QED) is 0.826. The van der Waals surface area contributed by atoms with Gasteiger partial charge in [-0.05, 0) is 39.9 Å². The second kappa shape index (κ2) is 7.92. The van der Waals surface area contributed by atoms with Crippen molar-refractivity contribution in [3.8, 4) is 0 Å². The van der Waals surface area contributed by atoms with Gasteiger partial charge >= 0.3 is 0 Å². The number of morpholine rings is 1. The first-order valence-corrected chi connectivity index (χ1v) is 8.22. The minimum Gasteiger partial charge on any atom is -0.374 e. The summed E-state index contributed by atoms with van der Waals surface area (Å²) in [5, 5.41) is 7.99. The molecule has 1 aromatic heterocycles. The van der Waals surface area contributed by atoms with Gasteiger partial charge in [-0.25, -0.2) is 0 Å². The molecule has 1 aliphatic rings. The fourth-order valence-electron chi connectivity index (χ4n) is 3.18. The second-order valence-corrected chi connectivity index (χ2v) is 5.90. The Labute approximate surface area is 128 Å². The fraction of sp³-hybridized carbons (Fsp3) is 0.812. The summed E-state index contributed by atoms with van der Waals surface area (Å²) in [7, 11) is 2.03. The lowest BCUT2D eigenvalue weighted by atomic mass is 10.0. The van der Waals surface area contributed by atoms with Gasteiger partial charge < -0.3 is 10.1 Å². The molecule has 0 aromatic carbocycles. The fourth-order valence-corrected chi connectivity index (χ4v) is 3.18. The van der Waals surface area contributed by atoms with E-state index in [0.717, 1.165) is 38.4 Å². The second-order valence-electron chi connectivity index (χ2n) is 5.90. The van der Waals surface area contributed by atoms with Crippen molar-refractivity contribution in [2.24, 2.45) is 0 Å². The van der Waals surface area contributed by atoms with Crippen LogP contribution < -0.4 is 5.32 Å². The van der Waals surface area contributed by atoms with E-state index < -0.39 is 0 Å². The van der Waals surface area contributed by atoms with Crippen LogP contribution >= 0.6 is 0 Å². The first kappa shape index (κ1) is 16.5. The number of hydrogen-bond donors (Lipinski definition) is 1. The van der Waals surface area contributed by atoms with Crippen LogP contribution in [-0.4, -0.2) is 60.1 Å². The first-order valence-electron chi connectivity index (χ1n) is 8.22. The molecule has 5 heteroatoms. The number of aromatic nitrogens is 2. The molecule has 120 valence electrons. The van der Waals surface area contributed by atoms with Gasteiger partial charge in [-0.15, -0.1) is 0 Å². The van der Waals surface area contributed by atoms with Gasteiger partial charge in [-0.3, -0.25) is 9.58 Å². The SMILES string of the molecule is CCCN1CCOC(C(Cc2cc(C)nn2CC)NC)C1. The molecule has 21 heavy (non-hydrogen) atoms. The zero-order valence-electron chi connectivity index (χ0n) is 13.9. The molecule has 0 radical (unpaired) electrons. The van der Waals surface area contributed by atoms with Crippen molar-refractivity contribution < 1.29 is 4.74 Å². The Morgan fingerprint density at radius 3 is 2.95 bits per heavy atom. The standard InChI is InChI=1S/C16H30N4O/c1-5-7-19-8-9-21-16(12-19)15(17-4)11-14-10-13(3)18-20(14)6-2/h10,15-17H,5-9,11-12H2,1-4H3. The third-order valence-corrected chi connectivity index (χ3v) is 4.25. The lowest BCUT2D eigenvalue weighted by Gasteiger charge is -2.37. The van der Waals surface area contributed by atoms with Crippen LogP contribution in [0.15, 0.2) is 6.07 Å². The zero-order valence-corrected chi connectivity index (χ0v) is 13.9. The van der Waals surface area contributed by atoms with Crippen LogP contribution in [0.5, 0.6) is 0 Å². The number of nitrogens with zero attached hydrogens (tertiary/aromatic N) is 3. The number of hydrogen-bond acceptors (Lipinski definition) is 4. The Morgan fingerprint density at radius 2 is 2.29 bits per heavy atom.